The van der Waals surface area contributed by atoms with E-state index in [0.717, 1.165) is 25.8 Å². The molecule has 2 unspecified atom stereocenters. The second-order valence-corrected chi connectivity index (χ2v) is 6.90. The molecule has 2 atom stereocenters. The molecule has 4 heteroatoms. The first-order chi connectivity index (χ1) is 10.6. The molecule has 0 spiro atoms. The fourth-order valence-electron chi connectivity index (χ4n) is 3.93. The lowest BCUT2D eigenvalue weighted by atomic mass is 9.90. The average molecular weight is 298 g/mol. The number of hydrogen-bond donors (Lipinski definition) is 0. The maximum atomic E-state index is 12.7. The Kier molecular flexibility index (Phi) is 3.21. The fraction of sp³-hybridized carbons (Fsp3) is 0.556. The Hall–Kier alpha value is -1.84. The van der Waals surface area contributed by atoms with Crippen LogP contribution in [0.4, 0.5) is 0 Å². The number of rotatable bonds is 2. The highest BCUT2D eigenvalue weighted by atomic mass is 16.2. The van der Waals surface area contributed by atoms with Gasteiger partial charge in [-0.1, -0.05) is 31.2 Å². The molecule has 1 aliphatic carbocycles. The monoisotopic (exact) mass is 298 g/mol. The van der Waals surface area contributed by atoms with Crippen molar-refractivity contribution in [3.63, 3.8) is 0 Å². The van der Waals surface area contributed by atoms with Crippen LogP contribution in [0.1, 0.15) is 36.9 Å². The van der Waals surface area contributed by atoms with E-state index >= 15 is 0 Å². The number of carbonyl (C=O) groups is 2. The largest absolute Gasteiger partial charge is 0.332 e. The summed E-state index contributed by atoms with van der Waals surface area (Å²) in [6, 6.07) is 8.38. The van der Waals surface area contributed by atoms with E-state index in [0.29, 0.717) is 12.5 Å². The van der Waals surface area contributed by atoms with Crippen LogP contribution in [0.25, 0.3) is 0 Å². The molecule has 3 aliphatic rings. The van der Waals surface area contributed by atoms with Gasteiger partial charge in [0.05, 0.1) is 12.6 Å². The Bertz CT molecular complexity index is 623. The van der Waals surface area contributed by atoms with Gasteiger partial charge in [0.2, 0.25) is 11.8 Å². The number of benzene rings is 1. The smallest absolute Gasteiger partial charge is 0.242 e. The number of amides is 2. The SMILES string of the molecule is CC(C(=O)N1CC(=O)N2CCc3ccccc3C2C1)C1CC1. The van der Waals surface area contributed by atoms with Gasteiger partial charge >= 0.3 is 0 Å². The third kappa shape index (κ3) is 2.21. The molecule has 0 bridgehead atoms. The molecule has 1 aromatic rings. The van der Waals surface area contributed by atoms with Crippen LogP contribution >= 0.6 is 0 Å². The first-order valence-electron chi connectivity index (χ1n) is 8.31. The number of nitrogens with zero attached hydrogens (tertiary/aromatic N) is 2. The second-order valence-electron chi connectivity index (χ2n) is 6.90. The second kappa shape index (κ2) is 5.11. The van der Waals surface area contributed by atoms with Gasteiger partial charge < -0.3 is 9.80 Å². The van der Waals surface area contributed by atoms with Crippen molar-refractivity contribution >= 4 is 11.8 Å². The molecule has 1 saturated carbocycles. The molecular formula is C18H22N2O2. The molecule has 2 fully saturated rings. The predicted octanol–water partition coefficient (Wildman–Crippen LogP) is 2.00. The third-order valence-corrected chi connectivity index (χ3v) is 5.48. The Labute approximate surface area is 131 Å². The molecular weight excluding hydrogens is 276 g/mol. The number of carbonyl (C=O) groups excluding carboxylic acids is 2. The van der Waals surface area contributed by atoms with Gasteiger partial charge in [-0.2, -0.15) is 0 Å². The van der Waals surface area contributed by atoms with Crippen LogP contribution in [-0.4, -0.2) is 41.2 Å². The van der Waals surface area contributed by atoms with E-state index in [2.05, 4.69) is 18.2 Å². The van der Waals surface area contributed by atoms with Crippen molar-refractivity contribution in [3.05, 3.63) is 35.4 Å². The van der Waals surface area contributed by atoms with Crippen molar-refractivity contribution in [2.45, 2.75) is 32.2 Å². The minimum atomic E-state index is 0.0431. The zero-order valence-electron chi connectivity index (χ0n) is 13.0. The fourth-order valence-corrected chi connectivity index (χ4v) is 3.93. The van der Waals surface area contributed by atoms with Crippen molar-refractivity contribution in [3.8, 4) is 0 Å². The topological polar surface area (TPSA) is 40.6 Å². The van der Waals surface area contributed by atoms with Gasteiger partial charge in [-0.3, -0.25) is 9.59 Å². The lowest BCUT2D eigenvalue weighted by Crippen LogP contribution is -2.56. The highest BCUT2D eigenvalue weighted by Gasteiger charge is 2.41. The maximum Gasteiger partial charge on any atom is 0.242 e. The van der Waals surface area contributed by atoms with E-state index in [4.69, 9.17) is 0 Å². The normalized spacial score (nSPS) is 25.5. The minimum Gasteiger partial charge on any atom is -0.332 e. The van der Waals surface area contributed by atoms with E-state index in [1.54, 1.807) is 4.90 Å². The van der Waals surface area contributed by atoms with Crippen LogP contribution in [0.5, 0.6) is 0 Å². The Balaban J connectivity index is 1.60. The summed E-state index contributed by atoms with van der Waals surface area (Å²) >= 11 is 0. The molecule has 0 N–H and O–H groups in total. The quantitative estimate of drug-likeness (QED) is 0.838. The van der Waals surface area contributed by atoms with Gasteiger partial charge in [0.1, 0.15) is 0 Å². The standard InChI is InChI=1S/C18H22N2O2/c1-12(13-6-7-13)18(22)19-10-16-15-5-3-2-4-14(15)8-9-20(16)17(21)11-19/h2-5,12-13,16H,6-11H2,1H3. The summed E-state index contributed by atoms with van der Waals surface area (Å²) in [6.07, 6.45) is 3.24. The predicted molar refractivity (Wildman–Crippen MR) is 83.1 cm³/mol. The zero-order valence-corrected chi connectivity index (χ0v) is 13.0. The highest BCUT2D eigenvalue weighted by Crippen LogP contribution is 2.39. The third-order valence-electron chi connectivity index (χ3n) is 5.48. The van der Waals surface area contributed by atoms with Crippen molar-refractivity contribution in [2.75, 3.05) is 19.6 Å². The number of hydrogen-bond acceptors (Lipinski definition) is 2. The summed E-state index contributed by atoms with van der Waals surface area (Å²) in [4.78, 5) is 28.9. The summed E-state index contributed by atoms with van der Waals surface area (Å²) in [5, 5.41) is 0. The summed E-state index contributed by atoms with van der Waals surface area (Å²) < 4.78 is 0. The lowest BCUT2D eigenvalue weighted by Gasteiger charge is -2.45. The molecule has 1 saturated heterocycles. The molecule has 4 nitrogen and oxygen atoms in total. The first-order valence-corrected chi connectivity index (χ1v) is 8.31. The Morgan fingerprint density at radius 1 is 1.27 bits per heavy atom. The molecule has 2 heterocycles. The number of piperazine rings is 1. The van der Waals surface area contributed by atoms with Crippen LogP contribution in [0.3, 0.4) is 0 Å². The zero-order chi connectivity index (χ0) is 15.3. The van der Waals surface area contributed by atoms with E-state index in [1.807, 2.05) is 17.9 Å². The molecule has 2 amide bonds. The molecule has 0 radical (unpaired) electrons. The van der Waals surface area contributed by atoms with Gasteiger partial charge in [-0.05, 0) is 36.3 Å². The lowest BCUT2D eigenvalue weighted by molar-refractivity contribution is -0.151. The van der Waals surface area contributed by atoms with E-state index in [1.165, 1.54) is 11.1 Å². The summed E-state index contributed by atoms with van der Waals surface area (Å²) in [7, 11) is 0. The average Bonchev–Trinajstić information content (AvgIpc) is 3.38. The van der Waals surface area contributed by atoms with Crippen LogP contribution in [0.2, 0.25) is 0 Å². The van der Waals surface area contributed by atoms with Crippen molar-refractivity contribution < 1.29 is 9.59 Å². The molecule has 4 rings (SSSR count). The van der Waals surface area contributed by atoms with Gasteiger partial charge in [-0.25, -0.2) is 0 Å². The van der Waals surface area contributed by atoms with E-state index < -0.39 is 0 Å². The Morgan fingerprint density at radius 2 is 2.05 bits per heavy atom. The van der Waals surface area contributed by atoms with Crippen molar-refractivity contribution in [2.24, 2.45) is 11.8 Å². The maximum absolute atomic E-state index is 12.7. The summed E-state index contributed by atoms with van der Waals surface area (Å²) in [5.41, 5.74) is 2.54. The molecule has 116 valence electrons. The Morgan fingerprint density at radius 3 is 2.82 bits per heavy atom. The van der Waals surface area contributed by atoms with Gasteiger partial charge in [0.25, 0.3) is 0 Å². The summed E-state index contributed by atoms with van der Waals surface area (Å²) in [5.74, 6) is 0.873. The van der Waals surface area contributed by atoms with Crippen LogP contribution in [0, 0.1) is 11.8 Å². The molecule has 2 aliphatic heterocycles. The summed E-state index contributed by atoms with van der Waals surface area (Å²) in [6.45, 7) is 3.71. The molecule has 0 aromatic heterocycles. The van der Waals surface area contributed by atoms with Gasteiger partial charge in [-0.15, -0.1) is 0 Å². The minimum absolute atomic E-state index is 0.0431. The van der Waals surface area contributed by atoms with Crippen LogP contribution in [0.15, 0.2) is 24.3 Å². The number of fused-ring (bicyclic) bond motifs is 3. The van der Waals surface area contributed by atoms with Crippen LogP contribution in [-0.2, 0) is 16.0 Å². The molecule has 1 aromatic carbocycles. The van der Waals surface area contributed by atoms with E-state index in [-0.39, 0.29) is 30.3 Å². The van der Waals surface area contributed by atoms with E-state index in [9.17, 15) is 9.59 Å². The molecule has 22 heavy (non-hydrogen) atoms. The van der Waals surface area contributed by atoms with Crippen molar-refractivity contribution in [1.82, 2.24) is 9.80 Å². The van der Waals surface area contributed by atoms with Crippen LogP contribution < -0.4 is 0 Å². The van der Waals surface area contributed by atoms with Crippen molar-refractivity contribution in [1.29, 1.82) is 0 Å². The highest BCUT2D eigenvalue weighted by molar-refractivity contribution is 5.88. The first kappa shape index (κ1) is 13.8. The van der Waals surface area contributed by atoms with Gasteiger partial charge in [0, 0.05) is 19.0 Å². The van der Waals surface area contributed by atoms with Gasteiger partial charge in [0.15, 0.2) is 0 Å².